The topological polar surface area (TPSA) is 59.8 Å². The monoisotopic (exact) mass is 333 g/mol. The lowest BCUT2D eigenvalue weighted by Gasteiger charge is -2.36. The lowest BCUT2D eigenvalue weighted by Crippen LogP contribution is -2.53. The van der Waals surface area contributed by atoms with Crippen molar-refractivity contribution in [2.24, 2.45) is 0 Å². The van der Waals surface area contributed by atoms with Gasteiger partial charge in [-0.1, -0.05) is 11.6 Å². The Bertz CT molecular complexity index is 791. The molecule has 2 aliphatic rings. The van der Waals surface area contributed by atoms with Crippen LogP contribution in [0.3, 0.4) is 0 Å². The van der Waals surface area contributed by atoms with Gasteiger partial charge in [-0.3, -0.25) is 9.59 Å². The van der Waals surface area contributed by atoms with Gasteiger partial charge in [-0.05, 0) is 37.1 Å². The number of carbonyl (C=O) groups is 2. The van der Waals surface area contributed by atoms with E-state index in [1.54, 1.807) is 24.3 Å². The Morgan fingerprint density at radius 2 is 2.13 bits per heavy atom. The highest BCUT2D eigenvalue weighted by molar-refractivity contribution is 6.31. The van der Waals surface area contributed by atoms with Crippen molar-refractivity contribution >= 4 is 34.3 Å². The molecule has 0 bridgehead atoms. The molecule has 2 aromatic rings. The molecule has 0 radical (unpaired) electrons. The van der Waals surface area contributed by atoms with Crippen molar-refractivity contribution in [1.82, 2.24) is 4.90 Å². The van der Waals surface area contributed by atoms with E-state index in [1.807, 2.05) is 0 Å². The number of halogens is 1. The van der Waals surface area contributed by atoms with Crippen molar-refractivity contribution in [3.05, 3.63) is 35.0 Å². The number of furan rings is 1. The first-order chi connectivity index (χ1) is 11.1. The van der Waals surface area contributed by atoms with E-state index in [0.29, 0.717) is 30.2 Å². The van der Waals surface area contributed by atoms with Gasteiger partial charge in [-0.15, -0.1) is 0 Å². The summed E-state index contributed by atoms with van der Waals surface area (Å²) in [6, 6.07) is 6.87. The number of hydrogen-bond donors (Lipinski definition) is 0. The van der Waals surface area contributed by atoms with Crippen LogP contribution < -0.4 is 0 Å². The summed E-state index contributed by atoms with van der Waals surface area (Å²) in [7, 11) is 0. The van der Waals surface area contributed by atoms with E-state index in [9.17, 15) is 9.59 Å². The highest BCUT2D eigenvalue weighted by atomic mass is 35.5. The van der Waals surface area contributed by atoms with Crippen LogP contribution >= 0.6 is 11.6 Å². The summed E-state index contributed by atoms with van der Waals surface area (Å²) in [5.74, 6) is -0.0365. The summed E-state index contributed by atoms with van der Waals surface area (Å²) in [6.07, 6.45) is 2.23. The molecule has 1 atom stereocenters. The molecule has 6 heteroatoms. The Labute approximate surface area is 138 Å². The van der Waals surface area contributed by atoms with Gasteiger partial charge >= 0.3 is 0 Å². The molecule has 5 nitrogen and oxygen atoms in total. The zero-order valence-corrected chi connectivity index (χ0v) is 13.3. The van der Waals surface area contributed by atoms with E-state index < -0.39 is 5.60 Å². The average Bonchev–Trinajstić information content (AvgIpc) is 3.16. The fourth-order valence-corrected chi connectivity index (χ4v) is 3.60. The molecule has 2 aliphatic heterocycles. The number of benzene rings is 1. The number of nitrogens with zero attached hydrogens (tertiary/aromatic N) is 1. The van der Waals surface area contributed by atoms with Gasteiger partial charge in [0.15, 0.2) is 11.5 Å². The van der Waals surface area contributed by atoms with Crippen LogP contribution in [0.15, 0.2) is 28.7 Å². The third-order valence-corrected chi connectivity index (χ3v) is 4.94. The standard InChI is InChI=1S/C17H16ClNO4/c18-12-2-3-13-11(8-12)9-14(23-13)16(21)19-6-5-17(15(20)10-19)4-1-7-22-17/h2-3,8-9H,1,4-7,10H2/t17-/m0/s1. The van der Waals surface area contributed by atoms with Crippen LogP contribution in [0.5, 0.6) is 0 Å². The minimum atomic E-state index is -0.655. The van der Waals surface area contributed by atoms with Crippen LogP contribution in [0, 0.1) is 0 Å². The summed E-state index contributed by atoms with van der Waals surface area (Å²) >= 11 is 5.95. The molecule has 0 aliphatic carbocycles. The van der Waals surface area contributed by atoms with Crippen molar-refractivity contribution in [2.75, 3.05) is 19.7 Å². The van der Waals surface area contributed by atoms with Crippen LogP contribution in [0.25, 0.3) is 11.0 Å². The first kappa shape index (κ1) is 14.7. The Balaban J connectivity index is 1.55. The molecule has 0 N–H and O–H groups in total. The van der Waals surface area contributed by atoms with Gasteiger partial charge < -0.3 is 14.1 Å². The predicted octanol–water partition coefficient (Wildman–Crippen LogP) is 3.05. The number of fused-ring (bicyclic) bond motifs is 1. The van der Waals surface area contributed by atoms with Gasteiger partial charge in [0.1, 0.15) is 11.2 Å². The number of carbonyl (C=O) groups excluding carboxylic acids is 2. The third-order valence-electron chi connectivity index (χ3n) is 4.71. The second kappa shape index (κ2) is 5.35. The quantitative estimate of drug-likeness (QED) is 0.804. The molecule has 2 fully saturated rings. The van der Waals surface area contributed by atoms with Crippen molar-refractivity contribution < 1.29 is 18.7 Å². The SMILES string of the molecule is O=C(c1cc2cc(Cl)ccc2o1)N1CC[C@@]2(CCCO2)C(=O)C1. The second-order valence-electron chi connectivity index (χ2n) is 6.14. The number of rotatable bonds is 1. The minimum Gasteiger partial charge on any atom is -0.451 e. The molecule has 4 rings (SSSR count). The Morgan fingerprint density at radius 1 is 1.26 bits per heavy atom. The number of hydrogen-bond acceptors (Lipinski definition) is 4. The predicted molar refractivity (Wildman–Crippen MR) is 84.7 cm³/mol. The Hall–Kier alpha value is -1.85. The normalized spacial score (nSPS) is 24.7. The van der Waals surface area contributed by atoms with Gasteiger partial charge in [-0.25, -0.2) is 0 Å². The number of ketones is 1. The van der Waals surface area contributed by atoms with Gasteiger partial charge in [0.25, 0.3) is 5.91 Å². The third kappa shape index (κ3) is 2.44. The average molecular weight is 334 g/mol. The lowest BCUT2D eigenvalue weighted by atomic mass is 9.87. The maximum Gasteiger partial charge on any atom is 0.290 e. The van der Waals surface area contributed by atoms with Gasteiger partial charge in [-0.2, -0.15) is 0 Å². The van der Waals surface area contributed by atoms with Crippen LogP contribution in [-0.4, -0.2) is 41.9 Å². The Morgan fingerprint density at radius 3 is 2.87 bits per heavy atom. The molecule has 1 aromatic heterocycles. The number of piperidine rings is 1. The maximum absolute atomic E-state index is 12.6. The molecule has 3 heterocycles. The van der Waals surface area contributed by atoms with Crippen molar-refractivity contribution in [2.45, 2.75) is 24.9 Å². The fourth-order valence-electron chi connectivity index (χ4n) is 3.41. The largest absolute Gasteiger partial charge is 0.451 e. The van der Waals surface area contributed by atoms with E-state index >= 15 is 0 Å². The van der Waals surface area contributed by atoms with E-state index in [4.69, 9.17) is 20.8 Å². The highest BCUT2D eigenvalue weighted by Crippen LogP contribution is 2.34. The molecule has 1 amide bonds. The Kier molecular flexibility index (Phi) is 3.43. The molecule has 23 heavy (non-hydrogen) atoms. The van der Waals surface area contributed by atoms with E-state index in [-0.39, 0.29) is 24.0 Å². The molecular weight excluding hydrogens is 318 g/mol. The van der Waals surface area contributed by atoms with Gasteiger partial charge in [0, 0.05) is 30.0 Å². The van der Waals surface area contributed by atoms with Gasteiger partial charge in [0.05, 0.1) is 6.54 Å². The van der Waals surface area contributed by atoms with E-state index in [0.717, 1.165) is 18.2 Å². The summed E-state index contributed by atoms with van der Waals surface area (Å²) in [4.78, 5) is 26.6. The molecule has 0 saturated carbocycles. The van der Waals surface area contributed by atoms with Crippen LogP contribution in [-0.2, 0) is 9.53 Å². The number of ether oxygens (including phenoxy) is 1. The van der Waals surface area contributed by atoms with Crippen LogP contribution in [0.1, 0.15) is 29.8 Å². The van der Waals surface area contributed by atoms with Crippen molar-refractivity contribution in [3.63, 3.8) is 0 Å². The fraction of sp³-hybridized carbons (Fsp3) is 0.412. The number of amides is 1. The van der Waals surface area contributed by atoms with Crippen LogP contribution in [0.2, 0.25) is 5.02 Å². The van der Waals surface area contributed by atoms with Crippen molar-refractivity contribution in [1.29, 1.82) is 0 Å². The maximum atomic E-state index is 12.6. The summed E-state index contributed by atoms with van der Waals surface area (Å²) < 4.78 is 11.3. The van der Waals surface area contributed by atoms with E-state index in [2.05, 4.69) is 0 Å². The minimum absolute atomic E-state index is 0.00578. The molecule has 1 spiro atoms. The van der Waals surface area contributed by atoms with E-state index in [1.165, 1.54) is 4.90 Å². The summed E-state index contributed by atoms with van der Waals surface area (Å²) in [5.41, 5.74) is -0.0465. The second-order valence-corrected chi connectivity index (χ2v) is 6.58. The molecule has 2 saturated heterocycles. The van der Waals surface area contributed by atoms with Crippen molar-refractivity contribution in [3.8, 4) is 0 Å². The molecule has 1 aromatic carbocycles. The number of Topliss-reactive ketones (excluding diaryl/α,β-unsaturated/α-hetero) is 1. The summed E-state index contributed by atoms with van der Waals surface area (Å²) in [6.45, 7) is 1.21. The highest BCUT2D eigenvalue weighted by Gasteiger charge is 2.46. The smallest absolute Gasteiger partial charge is 0.290 e. The number of likely N-dealkylation sites (tertiary alicyclic amines) is 1. The first-order valence-corrected chi connectivity index (χ1v) is 8.11. The molecule has 120 valence electrons. The van der Waals surface area contributed by atoms with Gasteiger partial charge in [0.2, 0.25) is 0 Å². The summed E-state index contributed by atoms with van der Waals surface area (Å²) in [5, 5.41) is 1.37. The zero-order chi connectivity index (χ0) is 16.0. The first-order valence-electron chi connectivity index (χ1n) is 7.73. The zero-order valence-electron chi connectivity index (χ0n) is 12.5. The lowest BCUT2D eigenvalue weighted by molar-refractivity contribution is -0.144. The molecular formula is C17H16ClNO4. The molecule has 0 unspecified atom stereocenters. The van der Waals surface area contributed by atoms with Crippen LogP contribution in [0.4, 0.5) is 0 Å².